The second kappa shape index (κ2) is 10.9. The van der Waals surface area contributed by atoms with Crippen LogP contribution < -0.4 is 10.2 Å². The van der Waals surface area contributed by atoms with Gasteiger partial charge in [-0.15, -0.1) is 0 Å². The Labute approximate surface area is 221 Å². The Morgan fingerprint density at radius 2 is 1.68 bits per heavy atom. The van der Waals surface area contributed by atoms with Crippen molar-refractivity contribution in [1.82, 2.24) is 5.32 Å². The third-order valence-electron chi connectivity index (χ3n) is 7.09. The molecule has 0 aliphatic carbocycles. The monoisotopic (exact) mass is 508 g/mol. The molecular weight excluding hydrogens is 479 g/mol. The molecule has 1 unspecified atom stereocenters. The summed E-state index contributed by atoms with van der Waals surface area (Å²) in [5.41, 5.74) is 4.89. The van der Waals surface area contributed by atoms with E-state index >= 15 is 4.39 Å². The van der Waals surface area contributed by atoms with Crippen molar-refractivity contribution in [1.29, 1.82) is 0 Å². The lowest BCUT2D eigenvalue weighted by molar-refractivity contribution is 0.0697. The van der Waals surface area contributed by atoms with E-state index in [0.29, 0.717) is 23.2 Å². The minimum atomic E-state index is -1.09. The van der Waals surface area contributed by atoms with Gasteiger partial charge in [0.15, 0.2) is 0 Å². The Kier molecular flexibility index (Phi) is 7.22. The number of carboxylic acids is 1. The normalized spacial score (nSPS) is 13.5. The summed E-state index contributed by atoms with van der Waals surface area (Å²) in [4.78, 5) is 26.8. The molecule has 2 N–H and O–H groups in total. The SMILES string of the molecule is CC(NC(=O)c1ccc2c(c1)CCCN2Cc1cccc(-c2ccccc2C(=O)O)c1F)c1ccccc1. The first-order chi connectivity index (χ1) is 18.4. The molecule has 4 aromatic carbocycles. The fourth-order valence-electron chi connectivity index (χ4n) is 5.11. The zero-order valence-corrected chi connectivity index (χ0v) is 21.2. The highest BCUT2D eigenvalue weighted by Gasteiger charge is 2.22. The Bertz CT molecular complexity index is 1490. The third kappa shape index (κ3) is 5.16. The van der Waals surface area contributed by atoms with Crippen LogP contribution in [0.1, 0.15) is 56.8 Å². The molecule has 6 heteroatoms. The lowest BCUT2D eigenvalue weighted by atomic mass is 9.95. The van der Waals surface area contributed by atoms with Crippen LogP contribution in [0.15, 0.2) is 91.0 Å². The molecule has 0 aromatic heterocycles. The summed E-state index contributed by atoms with van der Waals surface area (Å²) in [5, 5.41) is 12.6. The van der Waals surface area contributed by atoms with Crippen LogP contribution in [0.4, 0.5) is 10.1 Å². The second-order valence-electron chi connectivity index (χ2n) is 9.60. The van der Waals surface area contributed by atoms with Crippen LogP contribution in [-0.2, 0) is 13.0 Å². The predicted molar refractivity (Wildman–Crippen MR) is 147 cm³/mol. The van der Waals surface area contributed by atoms with Crippen LogP contribution in [-0.4, -0.2) is 23.5 Å². The molecule has 1 amide bonds. The average molecular weight is 509 g/mol. The smallest absolute Gasteiger partial charge is 0.336 e. The first-order valence-corrected chi connectivity index (χ1v) is 12.8. The van der Waals surface area contributed by atoms with E-state index in [1.54, 1.807) is 36.4 Å². The third-order valence-corrected chi connectivity index (χ3v) is 7.09. The van der Waals surface area contributed by atoms with Crippen molar-refractivity contribution in [2.24, 2.45) is 0 Å². The number of aryl methyl sites for hydroxylation is 1. The van der Waals surface area contributed by atoms with Gasteiger partial charge in [-0.3, -0.25) is 4.79 Å². The maximum absolute atomic E-state index is 15.7. The van der Waals surface area contributed by atoms with E-state index in [4.69, 9.17) is 0 Å². The van der Waals surface area contributed by atoms with Gasteiger partial charge in [0, 0.05) is 35.5 Å². The van der Waals surface area contributed by atoms with E-state index in [0.717, 1.165) is 36.2 Å². The molecule has 0 saturated heterocycles. The molecule has 192 valence electrons. The number of fused-ring (bicyclic) bond motifs is 1. The first-order valence-electron chi connectivity index (χ1n) is 12.8. The predicted octanol–water partition coefficient (Wildman–Crippen LogP) is 6.63. The van der Waals surface area contributed by atoms with Crippen molar-refractivity contribution >= 4 is 17.6 Å². The van der Waals surface area contributed by atoms with Gasteiger partial charge in [0.05, 0.1) is 11.6 Å². The van der Waals surface area contributed by atoms with Crippen molar-refractivity contribution in [3.8, 4) is 11.1 Å². The highest BCUT2D eigenvalue weighted by molar-refractivity contribution is 5.96. The lowest BCUT2D eigenvalue weighted by Crippen LogP contribution is -2.30. The first kappa shape index (κ1) is 25.2. The van der Waals surface area contributed by atoms with Crippen LogP contribution in [0.3, 0.4) is 0 Å². The molecule has 1 aliphatic heterocycles. The largest absolute Gasteiger partial charge is 0.478 e. The summed E-state index contributed by atoms with van der Waals surface area (Å²) < 4.78 is 15.7. The molecule has 5 rings (SSSR count). The lowest BCUT2D eigenvalue weighted by Gasteiger charge is -2.32. The van der Waals surface area contributed by atoms with E-state index in [1.807, 2.05) is 55.5 Å². The van der Waals surface area contributed by atoms with Gasteiger partial charge in [-0.2, -0.15) is 0 Å². The van der Waals surface area contributed by atoms with E-state index in [1.165, 1.54) is 6.07 Å². The van der Waals surface area contributed by atoms with Crippen LogP contribution in [0.5, 0.6) is 0 Å². The molecule has 0 spiro atoms. The Morgan fingerprint density at radius 1 is 0.947 bits per heavy atom. The molecule has 4 aromatic rings. The van der Waals surface area contributed by atoms with Crippen molar-refractivity contribution in [2.45, 2.75) is 32.4 Å². The molecule has 5 nitrogen and oxygen atoms in total. The summed E-state index contributed by atoms with van der Waals surface area (Å²) in [6, 6.07) is 27.0. The van der Waals surface area contributed by atoms with Crippen molar-refractivity contribution in [3.63, 3.8) is 0 Å². The minimum Gasteiger partial charge on any atom is -0.478 e. The summed E-state index contributed by atoms with van der Waals surface area (Å²) in [5.74, 6) is -1.63. The Hall–Kier alpha value is -4.45. The Balaban J connectivity index is 1.37. The second-order valence-corrected chi connectivity index (χ2v) is 9.60. The van der Waals surface area contributed by atoms with Crippen LogP contribution in [0, 0.1) is 5.82 Å². The summed E-state index contributed by atoms with van der Waals surface area (Å²) in [6.45, 7) is 3.07. The van der Waals surface area contributed by atoms with Gasteiger partial charge in [-0.25, -0.2) is 9.18 Å². The maximum Gasteiger partial charge on any atom is 0.336 e. The number of hydrogen-bond donors (Lipinski definition) is 2. The highest BCUT2D eigenvalue weighted by Crippen LogP contribution is 2.33. The van der Waals surface area contributed by atoms with Gasteiger partial charge >= 0.3 is 5.97 Å². The molecule has 38 heavy (non-hydrogen) atoms. The van der Waals surface area contributed by atoms with Crippen LogP contribution >= 0.6 is 0 Å². The number of rotatable bonds is 7. The molecule has 0 fully saturated rings. The van der Waals surface area contributed by atoms with Gasteiger partial charge in [-0.05, 0) is 60.7 Å². The number of benzene rings is 4. The molecule has 1 aliphatic rings. The molecule has 1 heterocycles. The Morgan fingerprint density at radius 3 is 2.47 bits per heavy atom. The molecule has 0 saturated carbocycles. The standard InChI is InChI=1S/C32H29FN2O3/c1-21(22-9-3-2-4-10-22)34-31(36)24-16-17-29-23(19-24)12-8-18-35(29)20-25-11-7-15-27(30(25)33)26-13-5-6-14-28(26)32(37)38/h2-7,9-11,13-17,19,21H,8,12,18,20H2,1H3,(H,34,36)(H,37,38). The van der Waals surface area contributed by atoms with Gasteiger partial charge in [0.2, 0.25) is 0 Å². The number of halogens is 1. The number of carbonyl (C=O) groups is 2. The molecule has 1 atom stereocenters. The number of hydrogen-bond acceptors (Lipinski definition) is 3. The van der Waals surface area contributed by atoms with E-state index in [9.17, 15) is 14.7 Å². The van der Waals surface area contributed by atoms with Gasteiger partial charge in [0.1, 0.15) is 5.82 Å². The molecular formula is C32H29FN2O3. The number of anilines is 1. The number of nitrogens with zero attached hydrogens (tertiary/aromatic N) is 1. The van der Waals surface area contributed by atoms with Crippen molar-refractivity contribution < 1.29 is 19.1 Å². The quantitative estimate of drug-likeness (QED) is 0.294. The van der Waals surface area contributed by atoms with E-state index < -0.39 is 11.8 Å². The van der Waals surface area contributed by atoms with Crippen LogP contribution in [0.2, 0.25) is 0 Å². The fraction of sp³-hybridized carbons (Fsp3) is 0.188. The molecule has 0 radical (unpaired) electrons. The molecule has 0 bridgehead atoms. The number of nitrogens with one attached hydrogen (secondary N) is 1. The summed E-state index contributed by atoms with van der Waals surface area (Å²) in [7, 11) is 0. The summed E-state index contributed by atoms with van der Waals surface area (Å²) >= 11 is 0. The van der Waals surface area contributed by atoms with Gasteiger partial charge in [0.25, 0.3) is 5.91 Å². The zero-order chi connectivity index (χ0) is 26.6. The van der Waals surface area contributed by atoms with Gasteiger partial charge in [-0.1, -0.05) is 66.7 Å². The summed E-state index contributed by atoms with van der Waals surface area (Å²) in [6.07, 6.45) is 1.73. The highest BCUT2D eigenvalue weighted by atomic mass is 19.1. The van der Waals surface area contributed by atoms with Crippen molar-refractivity contribution in [2.75, 3.05) is 11.4 Å². The fourth-order valence-corrected chi connectivity index (χ4v) is 5.11. The van der Waals surface area contributed by atoms with Crippen molar-refractivity contribution in [3.05, 3.63) is 125 Å². The average Bonchev–Trinajstić information content (AvgIpc) is 2.94. The number of carboxylic acid groups (broad SMARTS) is 1. The maximum atomic E-state index is 15.7. The minimum absolute atomic E-state index is 0.0688. The van der Waals surface area contributed by atoms with E-state index in [-0.39, 0.29) is 23.1 Å². The van der Waals surface area contributed by atoms with Gasteiger partial charge < -0.3 is 15.3 Å². The topological polar surface area (TPSA) is 69.6 Å². The van der Waals surface area contributed by atoms with E-state index in [2.05, 4.69) is 10.2 Å². The number of amides is 1. The number of carbonyl (C=O) groups excluding carboxylic acids is 1. The van der Waals surface area contributed by atoms with Crippen LogP contribution in [0.25, 0.3) is 11.1 Å². The zero-order valence-electron chi connectivity index (χ0n) is 21.2. The number of aromatic carboxylic acids is 1.